The normalized spacial score (nSPS) is 9.06. The molecule has 1 aromatic rings. The first-order valence-corrected chi connectivity index (χ1v) is 4.59. The van der Waals surface area contributed by atoms with Crippen LogP contribution in [0, 0.1) is 0 Å². The highest BCUT2D eigenvalue weighted by molar-refractivity contribution is 5.89. The summed E-state index contributed by atoms with van der Waals surface area (Å²) < 4.78 is 4.51. The summed E-state index contributed by atoms with van der Waals surface area (Å²) in [5.41, 5.74) is 5.43. The predicted molar refractivity (Wildman–Crippen MR) is 57.5 cm³/mol. The minimum atomic E-state index is -0.517. The number of carbonyl (C=O) groups is 1. The molecule has 6 heteroatoms. The summed E-state index contributed by atoms with van der Waals surface area (Å²) in [5.74, 6) is -0.517. The highest BCUT2D eigenvalue weighted by Gasteiger charge is 2.08. The Morgan fingerprint density at radius 3 is 2.06 bits per heavy atom. The molecule has 0 amide bonds. The number of aromatic nitrogens is 1. The van der Waals surface area contributed by atoms with E-state index in [2.05, 4.69) is 15.5 Å². The second-order valence-corrected chi connectivity index (χ2v) is 2.65. The monoisotopic (exact) mass is 228 g/mol. The first-order chi connectivity index (χ1) is 7.71. The van der Waals surface area contributed by atoms with Crippen molar-refractivity contribution in [3.8, 4) is 0 Å². The largest absolute Gasteiger partial charge is 0.465 e. The molecule has 0 aliphatic rings. The van der Waals surface area contributed by atoms with E-state index < -0.39 is 5.97 Å². The summed E-state index contributed by atoms with van der Waals surface area (Å²) in [6.07, 6.45) is 0. The van der Waals surface area contributed by atoms with Gasteiger partial charge in [0.1, 0.15) is 0 Å². The van der Waals surface area contributed by atoms with Gasteiger partial charge in [-0.05, 0) is 19.2 Å². The van der Waals surface area contributed by atoms with Gasteiger partial charge in [-0.3, -0.25) is 4.98 Å². The van der Waals surface area contributed by atoms with Gasteiger partial charge in [-0.2, -0.15) is 0 Å². The summed E-state index contributed by atoms with van der Waals surface area (Å²) >= 11 is 0. The van der Waals surface area contributed by atoms with Crippen LogP contribution in [0.3, 0.4) is 0 Å². The molecule has 1 heterocycles. The molecule has 0 aliphatic carbocycles. The maximum atomic E-state index is 11.1. The Hall–Kier alpha value is -1.50. The van der Waals surface area contributed by atoms with E-state index in [1.54, 1.807) is 0 Å². The Morgan fingerprint density at radius 1 is 1.31 bits per heavy atom. The lowest BCUT2D eigenvalue weighted by molar-refractivity contribution is 0.0600. The summed E-state index contributed by atoms with van der Waals surface area (Å²) in [5, 5.41) is 17.7. The fraction of sp³-hybridized carbons (Fsp3) is 0.400. The standard InChI is InChI=1S/C9H11NO4.CH5N/c1-14-9(13)6-2-7(4-11)10-8(3-6)5-12;1-2/h2-3,11-12H,4-5H2,1H3;2H2,1H3. The number of rotatable bonds is 3. The van der Waals surface area contributed by atoms with Crippen molar-refractivity contribution in [2.24, 2.45) is 5.73 Å². The smallest absolute Gasteiger partial charge is 0.337 e. The van der Waals surface area contributed by atoms with Crippen LogP contribution in [0.4, 0.5) is 0 Å². The lowest BCUT2D eigenvalue weighted by Gasteiger charge is -2.04. The van der Waals surface area contributed by atoms with Gasteiger partial charge in [0.05, 0.1) is 37.3 Å². The summed E-state index contributed by atoms with van der Waals surface area (Å²) in [6.45, 7) is -0.560. The van der Waals surface area contributed by atoms with E-state index in [0.29, 0.717) is 11.4 Å². The molecule has 0 saturated carbocycles. The van der Waals surface area contributed by atoms with Gasteiger partial charge in [-0.1, -0.05) is 0 Å². The average molecular weight is 228 g/mol. The van der Waals surface area contributed by atoms with Gasteiger partial charge in [0, 0.05) is 0 Å². The Labute approximate surface area is 93.7 Å². The van der Waals surface area contributed by atoms with Crippen molar-refractivity contribution in [2.75, 3.05) is 14.2 Å². The molecular formula is C10H16N2O4. The third-order valence-corrected chi connectivity index (χ3v) is 1.68. The van der Waals surface area contributed by atoms with Crippen molar-refractivity contribution >= 4 is 5.97 Å². The molecule has 90 valence electrons. The number of nitrogens with two attached hydrogens (primary N) is 1. The number of ether oxygens (including phenoxy) is 1. The van der Waals surface area contributed by atoms with E-state index in [-0.39, 0.29) is 18.8 Å². The SMILES string of the molecule is CN.COC(=O)c1cc(CO)nc(CO)c1. The highest BCUT2D eigenvalue weighted by atomic mass is 16.5. The lowest BCUT2D eigenvalue weighted by atomic mass is 10.2. The minimum absolute atomic E-state index is 0.274. The topological polar surface area (TPSA) is 106 Å². The van der Waals surface area contributed by atoms with Crippen LogP contribution in [0.5, 0.6) is 0 Å². The minimum Gasteiger partial charge on any atom is -0.465 e. The van der Waals surface area contributed by atoms with Gasteiger partial charge in [0.15, 0.2) is 0 Å². The number of hydrogen-bond donors (Lipinski definition) is 3. The lowest BCUT2D eigenvalue weighted by Crippen LogP contribution is -2.06. The van der Waals surface area contributed by atoms with E-state index in [0.717, 1.165) is 0 Å². The number of methoxy groups -OCH3 is 1. The third-order valence-electron chi connectivity index (χ3n) is 1.68. The number of esters is 1. The first-order valence-electron chi connectivity index (χ1n) is 4.59. The van der Waals surface area contributed by atoms with Crippen LogP contribution in [0.15, 0.2) is 12.1 Å². The third kappa shape index (κ3) is 3.93. The van der Waals surface area contributed by atoms with Gasteiger partial charge < -0.3 is 20.7 Å². The molecule has 4 N–H and O–H groups in total. The molecule has 0 atom stereocenters. The Bertz CT molecular complexity index is 319. The summed E-state index contributed by atoms with van der Waals surface area (Å²) in [7, 11) is 2.76. The zero-order chi connectivity index (χ0) is 12.6. The van der Waals surface area contributed by atoms with Gasteiger partial charge in [0.2, 0.25) is 0 Å². The van der Waals surface area contributed by atoms with Gasteiger partial charge in [-0.15, -0.1) is 0 Å². The van der Waals surface area contributed by atoms with Crippen LogP contribution in [0.25, 0.3) is 0 Å². The molecular weight excluding hydrogens is 212 g/mol. The molecule has 6 nitrogen and oxygen atoms in total. The molecule has 1 rings (SSSR count). The Kier molecular flexibility index (Phi) is 7.02. The van der Waals surface area contributed by atoms with Gasteiger partial charge in [-0.25, -0.2) is 4.79 Å². The summed E-state index contributed by atoms with van der Waals surface area (Å²) in [6, 6.07) is 2.84. The van der Waals surface area contributed by atoms with Crippen molar-refractivity contribution in [3.63, 3.8) is 0 Å². The maximum Gasteiger partial charge on any atom is 0.337 e. The predicted octanol–water partition coefficient (Wildman–Crippen LogP) is -0.572. The van der Waals surface area contributed by atoms with E-state index in [4.69, 9.17) is 10.2 Å². The van der Waals surface area contributed by atoms with E-state index in [9.17, 15) is 4.79 Å². The van der Waals surface area contributed by atoms with E-state index >= 15 is 0 Å². The number of aliphatic hydroxyl groups is 2. The second kappa shape index (κ2) is 7.75. The molecule has 0 spiro atoms. The molecule has 16 heavy (non-hydrogen) atoms. The molecule has 0 bridgehead atoms. The number of hydrogen-bond acceptors (Lipinski definition) is 6. The molecule has 0 radical (unpaired) electrons. The zero-order valence-electron chi connectivity index (χ0n) is 9.30. The fourth-order valence-electron chi connectivity index (χ4n) is 1.05. The number of pyridine rings is 1. The number of carbonyl (C=O) groups excluding carboxylic acids is 1. The van der Waals surface area contributed by atoms with Gasteiger partial charge >= 0.3 is 5.97 Å². The van der Waals surface area contributed by atoms with Crippen LogP contribution in [-0.2, 0) is 18.0 Å². The molecule has 1 aromatic heterocycles. The highest BCUT2D eigenvalue weighted by Crippen LogP contribution is 2.07. The zero-order valence-corrected chi connectivity index (χ0v) is 9.30. The average Bonchev–Trinajstić information content (AvgIpc) is 2.39. The van der Waals surface area contributed by atoms with Crippen molar-refractivity contribution in [3.05, 3.63) is 29.1 Å². The first kappa shape index (κ1) is 14.5. The van der Waals surface area contributed by atoms with Crippen molar-refractivity contribution in [1.29, 1.82) is 0 Å². The molecule has 0 saturated heterocycles. The quantitative estimate of drug-likeness (QED) is 0.598. The Morgan fingerprint density at radius 2 is 1.75 bits per heavy atom. The molecule has 0 unspecified atom stereocenters. The Balaban J connectivity index is 0.00000106. The number of nitrogens with zero attached hydrogens (tertiary/aromatic N) is 1. The summed E-state index contributed by atoms with van der Waals surface area (Å²) in [4.78, 5) is 15.0. The fourth-order valence-corrected chi connectivity index (χ4v) is 1.05. The van der Waals surface area contributed by atoms with Crippen LogP contribution in [-0.4, -0.2) is 35.3 Å². The van der Waals surface area contributed by atoms with Crippen molar-refractivity contribution in [2.45, 2.75) is 13.2 Å². The number of aliphatic hydroxyl groups excluding tert-OH is 2. The van der Waals surface area contributed by atoms with Crippen LogP contribution >= 0.6 is 0 Å². The molecule has 0 aromatic carbocycles. The van der Waals surface area contributed by atoms with Gasteiger partial charge in [0.25, 0.3) is 0 Å². The van der Waals surface area contributed by atoms with E-state index in [1.165, 1.54) is 26.3 Å². The van der Waals surface area contributed by atoms with Crippen LogP contribution in [0.1, 0.15) is 21.7 Å². The van der Waals surface area contributed by atoms with Crippen LogP contribution in [0.2, 0.25) is 0 Å². The van der Waals surface area contributed by atoms with Crippen molar-refractivity contribution < 1.29 is 19.7 Å². The van der Waals surface area contributed by atoms with Crippen molar-refractivity contribution in [1.82, 2.24) is 4.98 Å². The van der Waals surface area contributed by atoms with E-state index in [1.807, 2.05) is 0 Å². The molecule has 0 fully saturated rings. The molecule has 0 aliphatic heterocycles. The maximum absolute atomic E-state index is 11.1. The second-order valence-electron chi connectivity index (χ2n) is 2.65. The van der Waals surface area contributed by atoms with Crippen LogP contribution < -0.4 is 5.73 Å².